The zero-order valence-corrected chi connectivity index (χ0v) is 17.2. The molecule has 1 aliphatic heterocycles. The van der Waals surface area contributed by atoms with Crippen molar-refractivity contribution in [3.63, 3.8) is 0 Å². The Kier molecular flexibility index (Phi) is 6.37. The lowest BCUT2D eigenvalue weighted by Gasteiger charge is -2.19. The quantitative estimate of drug-likeness (QED) is 0.663. The largest absolute Gasteiger partial charge is 0.389 e. The minimum Gasteiger partial charge on any atom is -0.384 e. The predicted molar refractivity (Wildman–Crippen MR) is 112 cm³/mol. The molecule has 1 aromatic heterocycles. The van der Waals surface area contributed by atoms with Crippen LogP contribution in [0.4, 0.5) is 35.3 Å². The zero-order chi connectivity index (χ0) is 22.8. The van der Waals surface area contributed by atoms with Gasteiger partial charge in [0, 0.05) is 32.1 Å². The van der Waals surface area contributed by atoms with Crippen molar-refractivity contribution in [1.82, 2.24) is 9.88 Å². The summed E-state index contributed by atoms with van der Waals surface area (Å²) in [6.45, 7) is 3.61. The van der Waals surface area contributed by atoms with E-state index in [1.165, 1.54) is 11.8 Å². The number of aryl methyl sites for hydroxylation is 1. The Morgan fingerprint density at radius 2 is 1.97 bits per heavy atom. The number of nitrogen functional groups attached to an aromatic ring is 1. The average molecular weight is 435 g/mol. The van der Waals surface area contributed by atoms with Crippen LogP contribution in [-0.2, 0) is 4.79 Å². The molecule has 1 saturated heterocycles. The molecule has 0 unspecified atom stereocenters. The van der Waals surface area contributed by atoms with Gasteiger partial charge in [-0.15, -0.1) is 0 Å². The Hall–Kier alpha value is -3.30. The molecule has 2 heterocycles. The highest BCUT2D eigenvalue weighted by Gasteiger charge is 2.36. The summed E-state index contributed by atoms with van der Waals surface area (Å²) in [5.74, 6) is -0.325. The Bertz CT molecular complexity index is 993. The molecule has 31 heavy (non-hydrogen) atoms. The van der Waals surface area contributed by atoms with Gasteiger partial charge in [-0.05, 0) is 60.2 Å². The molecule has 1 atom stereocenters. The zero-order valence-electron chi connectivity index (χ0n) is 17.2. The van der Waals surface area contributed by atoms with E-state index >= 15 is 0 Å². The molecule has 0 aliphatic carbocycles. The summed E-state index contributed by atoms with van der Waals surface area (Å²) in [5, 5.41) is 5.35. The molecule has 10 heteroatoms. The van der Waals surface area contributed by atoms with Crippen LogP contribution in [0.25, 0.3) is 11.1 Å². The lowest BCUT2D eigenvalue weighted by molar-refractivity contribution is -0.143. The maximum atomic E-state index is 12.6. The second-order valence-corrected chi connectivity index (χ2v) is 7.73. The minimum atomic E-state index is -4.23. The number of nitrogens with two attached hydrogens (primary N) is 1. The van der Waals surface area contributed by atoms with E-state index in [9.17, 15) is 22.8 Å². The van der Waals surface area contributed by atoms with Gasteiger partial charge in [-0.2, -0.15) is 13.2 Å². The molecule has 3 rings (SSSR count). The number of nitrogens with zero attached hydrogens (tertiary/aromatic N) is 2. The summed E-state index contributed by atoms with van der Waals surface area (Å²) in [7, 11) is 0. The van der Waals surface area contributed by atoms with Gasteiger partial charge in [0.1, 0.15) is 11.6 Å². The molecule has 2 aromatic rings. The second kappa shape index (κ2) is 8.83. The van der Waals surface area contributed by atoms with Crippen LogP contribution in [0.1, 0.15) is 25.3 Å². The summed E-state index contributed by atoms with van der Waals surface area (Å²) in [6, 6.07) is 8.18. The van der Waals surface area contributed by atoms with Gasteiger partial charge in [-0.3, -0.25) is 4.79 Å². The number of amides is 3. The first-order valence-corrected chi connectivity index (χ1v) is 9.79. The number of carbonyl (C=O) groups is 2. The SMILES string of the molecule is CC(=O)Nc1cc(-c2cc(NC(=O)N3CC[C@@H](CC(F)(F)F)C3)ccc2C)cc(N)n1. The fourth-order valence-corrected chi connectivity index (χ4v) is 3.68. The van der Waals surface area contributed by atoms with E-state index in [2.05, 4.69) is 15.6 Å². The molecule has 7 nitrogen and oxygen atoms in total. The van der Waals surface area contributed by atoms with E-state index in [0.29, 0.717) is 23.5 Å². The third kappa shape index (κ3) is 6.09. The number of rotatable bonds is 4. The number of anilines is 3. The molecular weight excluding hydrogens is 411 g/mol. The summed E-state index contributed by atoms with van der Waals surface area (Å²) in [6.07, 6.45) is -4.79. The molecule has 0 spiro atoms. The van der Waals surface area contributed by atoms with Crippen molar-refractivity contribution in [2.75, 3.05) is 29.5 Å². The number of carbonyl (C=O) groups excluding carboxylic acids is 2. The molecule has 4 N–H and O–H groups in total. The van der Waals surface area contributed by atoms with Crippen molar-refractivity contribution in [2.45, 2.75) is 32.9 Å². The number of nitrogens with one attached hydrogen (secondary N) is 2. The first-order valence-electron chi connectivity index (χ1n) is 9.79. The molecule has 166 valence electrons. The van der Waals surface area contributed by atoms with Gasteiger partial charge in [0.05, 0.1) is 0 Å². The van der Waals surface area contributed by atoms with Gasteiger partial charge in [-0.1, -0.05) is 6.07 Å². The third-order valence-corrected chi connectivity index (χ3v) is 5.04. The third-order valence-electron chi connectivity index (χ3n) is 5.04. The Morgan fingerprint density at radius 1 is 1.23 bits per heavy atom. The first kappa shape index (κ1) is 22.4. The molecule has 0 saturated carbocycles. The van der Waals surface area contributed by atoms with Gasteiger partial charge in [0.15, 0.2) is 0 Å². The number of hydrogen-bond acceptors (Lipinski definition) is 4. The van der Waals surface area contributed by atoms with Crippen LogP contribution in [0.2, 0.25) is 0 Å². The smallest absolute Gasteiger partial charge is 0.384 e. The first-order chi connectivity index (χ1) is 14.5. The lowest BCUT2D eigenvalue weighted by atomic mass is 10.0. The van der Waals surface area contributed by atoms with Crippen molar-refractivity contribution < 1.29 is 22.8 Å². The molecule has 0 bridgehead atoms. The predicted octanol–water partition coefficient (Wildman–Crippen LogP) is 4.40. The van der Waals surface area contributed by atoms with Gasteiger partial charge in [0.25, 0.3) is 0 Å². The molecule has 0 radical (unpaired) electrons. The normalized spacial score (nSPS) is 16.3. The van der Waals surface area contributed by atoms with Crippen LogP contribution in [0, 0.1) is 12.8 Å². The number of hydrogen-bond donors (Lipinski definition) is 3. The molecular formula is C21H24F3N5O2. The number of alkyl halides is 3. The molecule has 3 amide bonds. The van der Waals surface area contributed by atoms with Crippen LogP contribution in [0.5, 0.6) is 0 Å². The van der Waals surface area contributed by atoms with Gasteiger partial charge < -0.3 is 21.3 Å². The summed E-state index contributed by atoms with van der Waals surface area (Å²) < 4.78 is 37.8. The van der Waals surface area contributed by atoms with Crippen LogP contribution in [0.3, 0.4) is 0 Å². The van der Waals surface area contributed by atoms with Crippen LogP contribution < -0.4 is 16.4 Å². The number of urea groups is 1. The van der Waals surface area contributed by atoms with E-state index in [4.69, 9.17) is 5.73 Å². The van der Waals surface area contributed by atoms with E-state index in [1.54, 1.807) is 24.3 Å². The second-order valence-electron chi connectivity index (χ2n) is 7.73. The highest BCUT2D eigenvalue weighted by atomic mass is 19.4. The number of pyridine rings is 1. The number of benzene rings is 1. The van der Waals surface area contributed by atoms with Crippen LogP contribution in [0.15, 0.2) is 30.3 Å². The Labute approximate surface area is 177 Å². The van der Waals surface area contributed by atoms with Crippen molar-refractivity contribution in [2.24, 2.45) is 5.92 Å². The van der Waals surface area contributed by atoms with Crippen molar-refractivity contribution in [3.05, 3.63) is 35.9 Å². The van der Waals surface area contributed by atoms with Crippen molar-refractivity contribution in [3.8, 4) is 11.1 Å². The topological polar surface area (TPSA) is 100 Å². The van der Waals surface area contributed by atoms with E-state index in [1.807, 2.05) is 13.0 Å². The fourth-order valence-electron chi connectivity index (χ4n) is 3.68. The summed E-state index contributed by atoms with van der Waals surface area (Å²) >= 11 is 0. The summed E-state index contributed by atoms with van der Waals surface area (Å²) in [4.78, 5) is 29.4. The Balaban J connectivity index is 1.75. The van der Waals surface area contributed by atoms with Crippen molar-refractivity contribution >= 4 is 29.3 Å². The van der Waals surface area contributed by atoms with E-state index < -0.39 is 24.5 Å². The minimum absolute atomic E-state index is 0.0744. The van der Waals surface area contributed by atoms with Crippen LogP contribution >= 0.6 is 0 Å². The van der Waals surface area contributed by atoms with Gasteiger partial charge in [-0.25, -0.2) is 9.78 Å². The Morgan fingerprint density at radius 3 is 2.65 bits per heavy atom. The maximum absolute atomic E-state index is 12.6. The standard InChI is InChI=1S/C21H24F3N5O2/c1-12-3-4-16(27-20(31)29-6-5-14(11-29)10-21(22,23)24)9-17(12)15-7-18(25)28-19(8-15)26-13(2)30/h3-4,7-9,14H,5-6,10-11H2,1-2H3,(H,27,31)(H3,25,26,28,30)/t14-/m0/s1. The fraction of sp³-hybridized carbons (Fsp3) is 0.381. The highest BCUT2D eigenvalue weighted by molar-refractivity contribution is 5.91. The van der Waals surface area contributed by atoms with Gasteiger partial charge >= 0.3 is 12.2 Å². The monoisotopic (exact) mass is 435 g/mol. The number of likely N-dealkylation sites (tertiary alicyclic amines) is 1. The van der Waals surface area contributed by atoms with Crippen LogP contribution in [-0.4, -0.2) is 41.1 Å². The van der Waals surface area contributed by atoms with Crippen molar-refractivity contribution in [1.29, 1.82) is 0 Å². The highest BCUT2D eigenvalue weighted by Crippen LogP contribution is 2.32. The van der Waals surface area contributed by atoms with Gasteiger partial charge in [0.2, 0.25) is 5.91 Å². The number of aromatic nitrogens is 1. The van der Waals surface area contributed by atoms with E-state index in [-0.39, 0.29) is 24.8 Å². The lowest BCUT2D eigenvalue weighted by Crippen LogP contribution is -2.33. The molecule has 1 fully saturated rings. The molecule has 1 aromatic carbocycles. The van der Waals surface area contributed by atoms with E-state index in [0.717, 1.165) is 11.1 Å². The number of halogens is 3. The average Bonchev–Trinajstić information content (AvgIpc) is 3.09. The maximum Gasteiger partial charge on any atom is 0.389 e. The summed E-state index contributed by atoms with van der Waals surface area (Å²) in [5.41, 5.74) is 8.75. The molecule has 1 aliphatic rings.